The highest BCUT2D eigenvalue weighted by atomic mass is 32.1. The van der Waals surface area contributed by atoms with Gasteiger partial charge < -0.3 is 14.7 Å². The number of benzene rings is 1. The fraction of sp³-hybridized carbons (Fsp3) is 0.500. The van der Waals surface area contributed by atoms with Crippen molar-refractivity contribution in [1.29, 1.82) is 0 Å². The summed E-state index contributed by atoms with van der Waals surface area (Å²) >= 11 is 1.70. The lowest BCUT2D eigenvalue weighted by Gasteiger charge is -2.31. The third-order valence-corrected chi connectivity index (χ3v) is 4.71. The van der Waals surface area contributed by atoms with Crippen LogP contribution in [0.2, 0.25) is 0 Å². The molecule has 4 nitrogen and oxygen atoms in total. The molecule has 2 heterocycles. The van der Waals surface area contributed by atoms with Crippen LogP contribution >= 0.6 is 11.3 Å². The van der Waals surface area contributed by atoms with Gasteiger partial charge in [-0.3, -0.25) is 0 Å². The fourth-order valence-electron chi connectivity index (χ4n) is 2.54. The van der Waals surface area contributed by atoms with Crippen molar-refractivity contribution in [3.63, 3.8) is 0 Å². The first kappa shape index (κ1) is 12.7. The Hall–Kier alpha value is -1.33. The molecule has 1 saturated heterocycles. The molecule has 0 saturated carbocycles. The van der Waals surface area contributed by atoms with E-state index in [9.17, 15) is 5.11 Å². The molecule has 0 spiro atoms. The van der Waals surface area contributed by atoms with Gasteiger partial charge in [0.2, 0.25) is 0 Å². The molecule has 19 heavy (non-hydrogen) atoms. The average molecular weight is 278 g/mol. The van der Waals surface area contributed by atoms with Crippen LogP contribution in [0.25, 0.3) is 10.2 Å². The molecule has 1 aromatic carbocycles. The van der Waals surface area contributed by atoms with Crippen molar-refractivity contribution in [3.05, 3.63) is 18.2 Å². The third-order valence-electron chi connectivity index (χ3n) is 3.63. The van der Waals surface area contributed by atoms with Crippen molar-refractivity contribution in [2.45, 2.75) is 12.8 Å². The van der Waals surface area contributed by atoms with E-state index in [2.05, 4.69) is 9.88 Å². The Labute approximate surface area is 116 Å². The van der Waals surface area contributed by atoms with Crippen molar-refractivity contribution in [3.8, 4) is 5.75 Å². The molecule has 1 aliphatic rings. The van der Waals surface area contributed by atoms with Crippen molar-refractivity contribution in [1.82, 2.24) is 4.98 Å². The second-order valence-electron chi connectivity index (χ2n) is 4.97. The third kappa shape index (κ3) is 2.53. The number of anilines is 1. The number of hydrogen-bond donors (Lipinski definition) is 1. The molecule has 1 aliphatic heterocycles. The summed E-state index contributed by atoms with van der Waals surface area (Å²) in [6.07, 6.45) is 2.25. The Balaban J connectivity index is 1.88. The van der Waals surface area contributed by atoms with Crippen molar-refractivity contribution in [2.24, 2.45) is 5.92 Å². The van der Waals surface area contributed by atoms with Crippen LogP contribution in [-0.2, 0) is 0 Å². The summed E-state index contributed by atoms with van der Waals surface area (Å²) in [7, 11) is 1.68. The molecule has 1 unspecified atom stereocenters. The largest absolute Gasteiger partial charge is 0.497 e. The monoisotopic (exact) mass is 278 g/mol. The van der Waals surface area contributed by atoms with Crippen LogP contribution in [0.4, 0.5) is 5.13 Å². The molecule has 5 heteroatoms. The molecule has 102 valence electrons. The van der Waals surface area contributed by atoms with E-state index in [-0.39, 0.29) is 6.61 Å². The number of aliphatic hydroxyl groups is 1. The van der Waals surface area contributed by atoms with Gasteiger partial charge in [0.15, 0.2) is 5.13 Å². The lowest BCUT2D eigenvalue weighted by molar-refractivity contribution is 0.208. The summed E-state index contributed by atoms with van der Waals surface area (Å²) in [4.78, 5) is 6.98. The topological polar surface area (TPSA) is 45.6 Å². The summed E-state index contributed by atoms with van der Waals surface area (Å²) in [6, 6.07) is 5.98. The van der Waals surface area contributed by atoms with Crippen LogP contribution in [0.5, 0.6) is 5.75 Å². The number of thiazole rings is 1. The molecule has 0 amide bonds. The molecule has 1 fully saturated rings. The summed E-state index contributed by atoms with van der Waals surface area (Å²) in [5.41, 5.74) is 1.02. The molecule has 2 aromatic rings. The highest BCUT2D eigenvalue weighted by molar-refractivity contribution is 7.22. The molecule has 0 bridgehead atoms. The van der Waals surface area contributed by atoms with Gasteiger partial charge in [-0.2, -0.15) is 0 Å². The number of nitrogens with zero attached hydrogens (tertiary/aromatic N) is 2. The molecule has 0 radical (unpaired) electrons. The Morgan fingerprint density at radius 3 is 3.21 bits per heavy atom. The Morgan fingerprint density at radius 1 is 1.53 bits per heavy atom. The molecular weight excluding hydrogens is 260 g/mol. The van der Waals surface area contributed by atoms with Crippen LogP contribution in [0.3, 0.4) is 0 Å². The fourth-order valence-corrected chi connectivity index (χ4v) is 3.57. The zero-order valence-electron chi connectivity index (χ0n) is 11.0. The van der Waals surface area contributed by atoms with E-state index >= 15 is 0 Å². The van der Waals surface area contributed by atoms with Gasteiger partial charge in [0.05, 0.1) is 17.3 Å². The number of hydrogen-bond acceptors (Lipinski definition) is 5. The van der Waals surface area contributed by atoms with Crippen LogP contribution < -0.4 is 9.64 Å². The van der Waals surface area contributed by atoms with Crippen LogP contribution in [0, 0.1) is 5.92 Å². The zero-order chi connectivity index (χ0) is 13.2. The number of rotatable bonds is 3. The molecule has 3 rings (SSSR count). The Morgan fingerprint density at radius 2 is 2.42 bits per heavy atom. The molecule has 1 aromatic heterocycles. The molecule has 1 N–H and O–H groups in total. The lowest BCUT2D eigenvalue weighted by atomic mass is 10.00. The van der Waals surface area contributed by atoms with Crippen LogP contribution in [0.1, 0.15) is 12.8 Å². The van der Waals surface area contributed by atoms with Gasteiger partial charge in [0.1, 0.15) is 5.75 Å². The molecule has 0 aliphatic carbocycles. The average Bonchev–Trinajstić information content (AvgIpc) is 2.90. The van der Waals surface area contributed by atoms with Gasteiger partial charge in [-0.15, -0.1) is 0 Å². The minimum atomic E-state index is 0.273. The van der Waals surface area contributed by atoms with Crippen LogP contribution in [-0.4, -0.2) is 36.9 Å². The summed E-state index contributed by atoms with van der Waals surface area (Å²) in [5, 5.41) is 10.4. The smallest absolute Gasteiger partial charge is 0.186 e. The van der Waals surface area contributed by atoms with Crippen molar-refractivity contribution in [2.75, 3.05) is 31.7 Å². The number of aliphatic hydroxyl groups excluding tert-OH is 1. The van der Waals surface area contributed by atoms with E-state index in [0.717, 1.165) is 47.0 Å². The van der Waals surface area contributed by atoms with E-state index in [0.29, 0.717) is 5.92 Å². The van der Waals surface area contributed by atoms with Gasteiger partial charge in [0.25, 0.3) is 0 Å². The number of methoxy groups -OCH3 is 1. The quantitative estimate of drug-likeness (QED) is 0.937. The Kier molecular flexibility index (Phi) is 3.57. The minimum Gasteiger partial charge on any atom is -0.497 e. The van der Waals surface area contributed by atoms with Crippen LogP contribution in [0.15, 0.2) is 18.2 Å². The number of ether oxygens (including phenoxy) is 1. The second kappa shape index (κ2) is 5.35. The van der Waals surface area contributed by atoms with E-state index in [1.54, 1.807) is 18.4 Å². The summed E-state index contributed by atoms with van der Waals surface area (Å²) in [6.45, 7) is 2.22. The van der Waals surface area contributed by atoms with Gasteiger partial charge >= 0.3 is 0 Å². The van der Waals surface area contributed by atoms with Gasteiger partial charge in [0, 0.05) is 19.7 Å². The maximum atomic E-state index is 9.30. The summed E-state index contributed by atoms with van der Waals surface area (Å²) in [5.74, 6) is 1.25. The molecule has 1 atom stereocenters. The first-order valence-corrected chi connectivity index (χ1v) is 7.42. The maximum absolute atomic E-state index is 9.30. The predicted octanol–water partition coefficient (Wildman–Crippen LogP) is 2.51. The van der Waals surface area contributed by atoms with Crippen molar-refractivity contribution < 1.29 is 9.84 Å². The number of aromatic nitrogens is 1. The van der Waals surface area contributed by atoms with E-state index in [1.807, 2.05) is 18.2 Å². The first-order chi connectivity index (χ1) is 9.30. The second-order valence-corrected chi connectivity index (χ2v) is 5.98. The van der Waals surface area contributed by atoms with Gasteiger partial charge in [-0.1, -0.05) is 11.3 Å². The van der Waals surface area contributed by atoms with Crippen molar-refractivity contribution >= 4 is 26.7 Å². The number of fused-ring (bicyclic) bond motifs is 1. The predicted molar refractivity (Wildman–Crippen MR) is 78.2 cm³/mol. The lowest BCUT2D eigenvalue weighted by Crippen LogP contribution is -2.36. The van der Waals surface area contributed by atoms with Gasteiger partial charge in [-0.05, 0) is 37.0 Å². The maximum Gasteiger partial charge on any atom is 0.186 e. The van der Waals surface area contributed by atoms with E-state index < -0.39 is 0 Å². The molecular formula is C14H18N2O2S. The normalized spacial score (nSPS) is 19.9. The first-order valence-electron chi connectivity index (χ1n) is 6.60. The van der Waals surface area contributed by atoms with Gasteiger partial charge in [-0.25, -0.2) is 4.98 Å². The van der Waals surface area contributed by atoms with E-state index in [1.165, 1.54) is 0 Å². The SMILES string of the molecule is COc1ccc2nc(N3CCCC(CO)C3)sc2c1. The highest BCUT2D eigenvalue weighted by Crippen LogP contribution is 2.33. The standard InChI is InChI=1S/C14H18N2O2S/c1-18-11-4-5-12-13(7-11)19-14(15-12)16-6-2-3-10(8-16)9-17/h4-5,7,10,17H,2-3,6,8-9H2,1H3. The zero-order valence-corrected chi connectivity index (χ0v) is 11.8. The Bertz CT molecular complexity index is 570. The summed E-state index contributed by atoms with van der Waals surface area (Å²) < 4.78 is 6.40. The highest BCUT2D eigenvalue weighted by Gasteiger charge is 2.21. The number of piperidine rings is 1. The van der Waals surface area contributed by atoms with E-state index in [4.69, 9.17) is 4.74 Å². The minimum absolute atomic E-state index is 0.273.